The summed E-state index contributed by atoms with van der Waals surface area (Å²) in [4.78, 5) is 10.3. The Kier molecular flexibility index (Phi) is 33.9. The summed E-state index contributed by atoms with van der Waals surface area (Å²) in [7, 11) is 0. The Labute approximate surface area is 290 Å². The molecule has 0 saturated carbocycles. The van der Waals surface area contributed by atoms with Gasteiger partial charge in [-0.1, -0.05) is 0 Å². The highest BCUT2D eigenvalue weighted by atomic mass is 16.6. The van der Waals surface area contributed by atoms with Gasteiger partial charge in [-0.3, -0.25) is 4.79 Å². The first-order valence-electron chi connectivity index (χ1n) is 16.8. The SMILES string of the molecule is Nc1ccc(OCCOCCOCCOCCOCCOCCOCCOCCOCCOCCOCCOCCOCCC(=O)O)cc1. The van der Waals surface area contributed by atoms with Gasteiger partial charge in [0.05, 0.1) is 165 Å². The van der Waals surface area contributed by atoms with Gasteiger partial charge in [-0.15, -0.1) is 0 Å². The molecule has 286 valence electrons. The molecule has 0 aliphatic rings. The summed E-state index contributed by atoms with van der Waals surface area (Å²) in [6.45, 7) is 11.6. The van der Waals surface area contributed by atoms with E-state index in [2.05, 4.69) is 0 Å². The maximum absolute atomic E-state index is 10.3. The number of hydrogen-bond donors (Lipinski definition) is 2. The number of ether oxygens (including phenoxy) is 13. The van der Waals surface area contributed by atoms with Gasteiger partial charge in [0, 0.05) is 5.69 Å². The van der Waals surface area contributed by atoms with Crippen molar-refractivity contribution in [3.8, 4) is 5.75 Å². The maximum atomic E-state index is 10.3. The topological polar surface area (TPSA) is 183 Å². The van der Waals surface area contributed by atoms with Gasteiger partial charge in [0.2, 0.25) is 0 Å². The van der Waals surface area contributed by atoms with Gasteiger partial charge in [-0.05, 0) is 24.3 Å². The Hall–Kier alpha value is -2.19. The number of carbonyl (C=O) groups is 1. The molecule has 0 bridgehead atoms. The van der Waals surface area contributed by atoms with E-state index < -0.39 is 5.97 Å². The normalized spacial score (nSPS) is 11.3. The third-order valence-corrected chi connectivity index (χ3v) is 5.93. The Bertz CT molecular complexity index is 822. The number of hydrogen-bond acceptors (Lipinski definition) is 15. The molecule has 1 aromatic rings. The van der Waals surface area contributed by atoms with Gasteiger partial charge in [0.15, 0.2) is 0 Å². The lowest BCUT2D eigenvalue weighted by atomic mass is 10.3. The Balaban J connectivity index is 1.62. The zero-order valence-corrected chi connectivity index (χ0v) is 28.9. The van der Waals surface area contributed by atoms with Crippen LogP contribution in [0.25, 0.3) is 0 Å². The lowest BCUT2D eigenvalue weighted by molar-refractivity contribution is -0.138. The number of rotatable bonds is 40. The van der Waals surface area contributed by atoms with Crippen molar-refractivity contribution in [1.29, 1.82) is 0 Å². The van der Waals surface area contributed by atoms with Crippen LogP contribution in [0, 0.1) is 0 Å². The summed E-state index contributed by atoms with van der Waals surface area (Å²) in [6, 6.07) is 7.25. The van der Waals surface area contributed by atoms with E-state index >= 15 is 0 Å². The molecule has 1 aromatic carbocycles. The second kappa shape index (κ2) is 37.1. The van der Waals surface area contributed by atoms with Crippen LogP contribution in [-0.2, 0) is 61.6 Å². The predicted octanol–water partition coefficient (Wildman–Crippen LogP) is 1.32. The molecular formula is C33H59NO15. The number of nitrogens with two attached hydrogens (primary N) is 1. The van der Waals surface area contributed by atoms with Gasteiger partial charge in [-0.2, -0.15) is 0 Å². The first-order valence-corrected chi connectivity index (χ1v) is 16.8. The molecule has 0 atom stereocenters. The van der Waals surface area contributed by atoms with Crippen molar-refractivity contribution in [3.63, 3.8) is 0 Å². The lowest BCUT2D eigenvalue weighted by Gasteiger charge is -2.09. The minimum Gasteiger partial charge on any atom is -0.491 e. The molecule has 0 amide bonds. The van der Waals surface area contributed by atoms with E-state index in [4.69, 9.17) is 72.4 Å². The van der Waals surface area contributed by atoms with E-state index in [1.807, 2.05) is 12.1 Å². The Morgan fingerprint density at radius 3 is 0.857 bits per heavy atom. The zero-order chi connectivity index (χ0) is 35.1. The van der Waals surface area contributed by atoms with E-state index in [0.29, 0.717) is 164 Å². The summed E-state index contributed by atoms with van der Waals surface area (Å²) >= 11 is 0. The van der Waals surface area contributed by atoms with Crippen molar-refractivity contribution in [2.24, 2.45) is 0 Å². The largest absolute Gasteiger partial charge is 0.491 e. The molecule has 0 aliphatic carbocycles. The molecule has 0 aliphatic heterocycles. The first-order chi connectivity index (χ1) is 24.2. The molecule has 0 fully saturated rings. The molecule has 16 heteroatoms. The molecule has 1 rings (SSSR count). The summed E-state index contributed by atoms with van der Waals surface area (Å²) in [5, 5.41) is 8.49. The van der Waals surface area contributed by atoms with Crippen LogP contribution in [0.3, 0.4) is 0 Å². The van der Waals surface area contributed by atoms with Gasteiger partial charge >= 0.3 is 5.97 Å². The van der Waals surface area contributed by atoms with Crippen LogP contribution in [0.4, 0.5) is 5.69 Å². The van der Waals surface area contributed by atoms with Crippen LogP contribution < -0.4 is 10.5 Å². The van der Waals surface area contributed by atoms with E-state index in [-0.39, 0.29) is 13.0 Å². The van der Waals surface area contributed by atoms with Crippen molar-refractivity contribution in [2.75, 3.05) is 171 Å². The minimum absolute atomic E-state index is 0.00451. The second-order valence-electron chi connectivity index (χ2n) is 9.91. The van der Waals surface area contributed by atoms with E-state index in [1.54, 1.807) is 12.1 Å². The number of carboxylic acids is 1. The van der Waals surface area contributed by atoms with Gasteiger partial charge in [-0.25, -0.2) is 0 Å². The first kappa shape index (κ1) is 44.8. The highest BCUT2D eigenvalue weighted by Gasteiger charge is 1.99. The van der Waals surface area contributed by atoms with Crippen molar-refractivity contribution in [2.45, 2.75) is 6.42 Å². The number of benzene rings is 1. The Morgan fingerprint density at radius 1 is 0.388 bits per heavy atom. The molecule has 0 spiro atoms. The summed E-state index contributed by atoms with van der Waals surface area (Å²) in [5.41, 5.74) is 6.34. The molecule has 3 N–H and O–H groups in total. The van der Waals surface area contributed by atoms with E-state index in [9.17, 15) is 4.79 Å². The average molecular weight is 710 g/mol. The van der Waals surface area contributed by atoms with Gasteiger partial charge in [0.25, 0.3) is 0 Å². The quantitative estimate of drug-likeness (QED) is 0.0734. The Morgan fingerprint density at radius 2 is 0.612 bits per heavy atom. The molecular weight excluding hydrogens is 650 g/mol. The fraction of sp³-hybridized carbons (Fsp3) is 0.788. The number of nitrogen functional groups attached to an aromatic ring is 1. The molecule has 0 heterocycles. The van der Waals surface area contributed by atoms with Crippen LogP contribution in [0.15, 0.2) is 24.3 Å². The molecule has 16 nitrogen and oxygen atoms in total. The zero-order valence-electron chi connectivity index (χ0n) is 28.9. The minimum atomic E-state index is -0.876. The van der Waals surface area contributed by atoms with Crippen molar-refractivity contribution in [1.82, 2.24) is 0 Å². The summed E-state index contributed by atoms with van der Waals surface area (Å²) < 4.78 is 70.6. The fourth-order valence-electron chi connectivity index (χ4n) is 3.46. The summed E-state index contributed by atoms with van der Waals surface area (Å²) in [6.07, 6.45) is -0.00451. The third-order valence-electron chi connectivity index (χ3n) is 5.93. The molecule has 49 heavy (non-hydrogen) atoms. The van der Waals surface area contributed by atoms with Crippen LogP contribution in [0.2, 0.25) is 0 Å². The third kappa shape index (κ3) is 35.4. The highest BCUT2D eigenvalue weighted by molar-refractivity contribution is 5.66. The van der Waals surface area contributed by atoms with Gasteiger partial charge in [0.1, 0.15) is 12.4 Å². The fourth-order valence-corrected chi connectivity index (χ4v) is 3.46. The van der Waals surface area contributed by atoms with E-state index in [1.165, 1.54) is 0 Å². The molecule has 0 aromatic heterocycles. The number of aliphatic carboxylic acids is 1. The van der Waals surface area contributed by atoms with Crippen LogP contribution in [-0.4, -0.2) is 176 Å². The van der Waals surface area contributed by atoms with Crippen LogP contribution >= 0.6 is 0 Å². The maximum Gasteiger partial charge on any atom is 0.305 e. The summed E-state index contributed by atoms with van der Waals surface area (Å²) in [5.74, 6) is -0.109. The second-order valence-corrected chi connectivity index (χ2v) is 9.91. The number of anilines is 1. The highest BCUT2D eigenvalue weighted by Crippen LogP contribution is 2.12. The molecule has 0 radical (unpaired) electrons. The van der Waals surface area contributed by atoms with Crippen molar-refractivity contribution >= 4 is 11.7 Å². The van der Waals surface area contributed by atoms with Crippen molar-refractivity contribution < 1.29 is 71.5 Å². The van der Waals surface area contributed by atoms with Gasteiger partial charge < -0.3 is 72.4 Å². The van der Waals surface area contributed by atoms with Crippen LogP contribution in [0.1, 0.15) is 6.42 Å². The smallest absolute Gasteiger partial charge is 0.305 e. The van der Waals surface area contributed by atoms with Crippen molar-refractivity contribution in [3.05, 3.63) is 24.3 Å². The van der Waals surface area contributed by atoms with Crippen LogP contribution in [0.5, 0.6) is 5.75 Å². The number of carboxylic acid groups (broad SMARTS) is 1. The molecule has 0 unspecified atom stereocenters. The van der Waals surface area contributed by atoms with E-state index in [0.717, 1.165) is 5.75 Å². The standard InChI is InChI=1S/C33H59NO15/c34-31-1-3-32(4-2-31)49-30-29-48-28-27-47-26-25-46-24-23-45-22-21-44-20-19-43-18-17-42-16-15-41-14-13-40-12-11-39-10-9-38-8-7-37-6-5-33(35)36/h1-4H,5-30,34H2,(H,35,36). The monoisotopic (exact) mass is 709 g/mol. The predicted molar refractivity (Wildman–Crippen MR) is 178 cm³/mol. The average Bonchev–Trinajstić information content (AvgIpc) is 3.10. The molecule has 0 saturated heterocycles. The lowest BCUT2D eigenvalue weighted by Crippen LogP contribution is -2.15.